The van der Waals surface area contributed by atoms with Gasteiger partial charge in [0.15, 0.2) is 5.96 Å². The molecule has 6 nitrogen and oxygen atoms in total. The highest BCUT2D eigenvalue weighted by Crippen LogP contribution is 2.31. The third-order valence-corrected chi connectivity index (χ3v) is 4.59. The number of ether oxygens (including phenoxy) is 1. The van der Waals surface area contributed by atoms with E-state index in [0.717, 1.165) is 22.6 Å². The van der Waals surface area contributed by atoms with Gasteiger partial charge in [-0.1, -0.05) is 36.4 Å². The van der Waals surface area contributed by atoms with Crippen LogP contribution in [0.2, 0.25) is 0 Å². The summed E-state index contributed by atoms with van der Waals surface area (Å²) >= 11 is 0. The lowest BCUT2D eigenvalue weighted by molar-refractivity contribution is -0.116. The maximum atomic E-state index is 11.9. The molecule has 3 rings (SSSR count). The fourth-order valence-electron chi connectivity index (χ4n) is 3.17. The number of amides is 1. The monoisotopic (exact) mass is 366 g/mol. The molecule has 27 heavy (non-hydrogen) atoms. The minimum atomic E-state index is 0.0510. The Bertz CT molecular complexity index is 819. The smallest absolute Gasteiger partial charge is 0.225 e. The molecule has 142 valence electrons. The van der Waals surface area contributed by atoms with Crippen molar-refractivity contribution in [2.24, 2.45) is 4.99 Å². The second-order valence-corrected chi connectivity index (χ2v) is 6.53. The van der Waals surface area contributed by atoms with Gasteiger partial charge in [0.2, 0.25) is 5.91 Å². The Morgan fingerprint density at radius 2 is 1.96 bits per heavy atom. The Hall–Kier alpha value is -3.02. The zero-order valence-corrected chi connectivity index (χ0v) is 15.8. The minimum absolute atomic E-state index is 0.0510. The molecule has 0 saturated carbocycles. The van der Waals surface area contributed by atoms with Gasteiger partial charge in [-0.3, -0.25) is 9.79 Å². The fraction of sp³-hybridized carbons (Fsp3) is 0.333. The summed E-state index contributed by atoms with van der Waals surface area (Å²) in [5, 5.41) is 9.49. The molecule has 0 bridgehead atoms. The molecule has 0 fully saturated rings. The van der Waals surface area contributed by atoms with Gasteiger partial charge >= 0.3 is 0 Å². The van der Waals surface area contributed by atoms with Gasteiger partial charge in [0, 0.05) is 31.6 Å². The highest BCUT2D eigenvalue weighted by molar-refractivity contribution is 5.94. The number of aryl methyl sites for hydroxylation is 1. The molecule has 1 aliphatic heterocycles. The first-order valence-electron chi connectivity index (χ1n) is 9.19. The van der Waals surface area contributed by atoms with Crippen molar-refractivity contribution in [1.29, 1.82) is 0 Å². The van der Waals surface area contributed by atoms with Gasteiger partial charge in [-0.05, 0) is 30.2 Å². The predicted octanol–water partition coefficient (Wildman–Crippen LogP) is 2.66. The summed E-state index contributed by atoms with van der Waals surface area (Å²) in [6, 6.07) is 15.9. The SMILES string of the molecule is CN=C(NCCOc1ccccc1C)NCC1CC(=O)Nc2ccccc21. The summed E-state index contributed by atoms with van der Waals surface area (Å²) in [5.74, 6) is 1.77. The fourth-order valence-corrected chi connectivity index (χ4v) is 3.17. The van der Waals surface area contributed by atoms with Crippen LogP contribution in [0, 0.1) is 6.92 Å². The number of nitrogens with one attached hydrogen (secondary N) is 3. The molecule has 2 aromatic carbocycles. The number of guanidine groups is 1. The molecular weight excluding hydrogens is 340 g/mol. The number of carbonyl (C=O) groups is 1. The van der Waals surface area contributed by atoms with E-state index in [1.807, 2.05) is 49.4 Å². The molecule has 0 aromatic heterocycles. The van der Waals surface area contributed by atoms with Gasteiger partial charge in [-0.25, -0.2) is 0 Å². The summed E-state index contributed by atoms with van der Waals surface area (Å²) in [5.41, 5.74) is 3.17. The van der Waals surface area contributed by atoms with E-state index in [2.05, 4.69) is 27.0 Å². The van der Waals surface area contributed by atoms with E-state index in [-0.39, 0.29) is 11.8 Å². The van der Waals surface area contributed by atoms with Crippen LogP contribution >= 0.6 is 0 Å². The third kappa shape index (κ3) is 5.00. The van der Waals surface area contributed by atoms with Gasteiger partial charge in [-0.2, -0.15) is 0 Å². The van der Waals surface area contributed by atoms with Crippen molar-refractivity contribution in [2.75, 3.05) is 32.1 Å². The van der Waals surface area contributed by atoms with Crippen LogP contribution in [-0.4, -0.2) is 38.6 Å². The number of rotatable bonds is 6. The number of nitrogens with zero attached hydrogens (tertiary/aromatic N) is 1. The van der Waals surface area contributed by atoms with E-state index in [9.17, 15) is 4.79 Å². The summed E-state index contributed by atoms with van der Waals surface area (Å²) < 4.78 is 5.79. The molecule has 1 unspecified atom stereocenters. The van der Waals surface area contributed by atoms with Gasteiger partial charge < -0.3 is 20.7 Å². The molecule has 3 N–H and O–H groups in total. The highest BCUT2D eigenvalue weighted by Gasteiger charge is 2.24. The molecule has 1 atom stereocenters. The molecule has 2 aromatic rings. The first-order valence-corrected chi connectivity index (χ1v) is 9.19. The van der Waals surface area contributed by atoms with Crippen LogP contribution < -0.4 is 20.7 Å². The number of aliphatic imine (C=N–C) groups is 1. The van der Waals surface area contributed by atoms with Crippen LogP contribution in [0.1, 0.15) is 23.5 Å². The van der Waals surface area contributed by atoms with Crippen LogP contribution in [0.25, 0.3) is 0 Å². The molecule has 1 heterocycles. The first kappa shape index (κ1) is 18.8. The van der Waals surface area contributed by atoms with Crippen molar-refractivity contribution in [2.45, 2.75) is 19.3 Å². The quantitative estimate of drug-likeness (QED) is 0.417. The van der Waals surface area contributed by atoms with Gasteiger partial charge in [0.25, 0.3) is 0 Å². The number of carbonyl (C=O) groups excluding carboxylic acids is 1. The molecule has 1 aliphatic rings. The largest absolute Gasteiger partial charge is 0.491 e. The van der Waals surface area contributed by atoms with Crippen LogP contribution in [0.3, 0.4) is 0 Å². The topological polar surface area (TPSA) is 74.8 Å². The summed E-state index contributed by atoms with van der Waals surface area (Å²) in [4.78, 5) is 16.2. The minimum Gasteiger partial charge on any atom is -0.491 e. The van der Waals surface area contributed by atoms with Gasteiger partial charge in [0.05, 0.1) is 6.54 Å². The highest BCUT2D eigenvalue weighted by atomic mass is 16.5. The van der Waals surface area contributed by atoms with Gasteiger partial charge in [-0.15, -0.1) is 0 Å². The number of para-hydroxylation sites is 2. The zero-order chi connectivity index (χ0) is 19.1. The average molecular weight is 366 g/mol. The Balaban J connectivity index is 1.47. The van der Waals surface area contributed by atoms with Crippen LogP contribution in [0.5, 0.6) is 5.75 Å². The lowest BCUT2D eigenvalue weighted by Crippen LogP contribution is -2.42. The van der Waals surface area contributed by atoms with Crippen LogP contribution in [-0.2, 0) is 4.79 Å². The van der Waals surface area contributed by atoms with Crippen molar-refractivity contribution in [3.8, 4) is 5.75 Å². The maximum absolute atomic E-state index is 11.9. The van der Waals surface area contributed by atoms with E-state index in [0.29, 0.717) is 32.1 Å². The number of fused-ring (bicyclic) bond motifs is 1. The predicted molar refractivity (Wildman–Crippen MR) is 108 cm³/mol. The summed E-state index contributed by atoms with van der Waals surface area (Å²) in [7, 11) is 1.74. The molecular formula is C21H26N4O2. The number of anilines is 1. The average Bonchev–Trinajstić information content (AvgIpc) is 2.68. The molecule has 0 aliphatic carbocycles. The second-order valence-electron chi connectivity index (χ2n) is 6.53. The normalized spacial score (nSPS) is 16.3. The lowest BCUT2D eigenvalue weighted by Gasteiger charge is -2.26. The number of hydrogen-bond acceptors (Lipinski definition) is 3. The maximum Gasteiger partial charge on any atom is 0.225 e. The molecule has 0 saturated heterocycles. The summed E-state index contributed by atoms with van der Waals surface area (Å²) in [6.45, 7) is 3.85. The molecule has 0 radical (unpaired) electrons. The Morgan fingerprint density at radius 3 is 2.78 bits per heavy atom. The number of hydrogen-bond donors (Lipinski definition) is 3. The number of benzene rings is 2. The van der Waals surface area contributed by atoms with Crippen molar-refractivity contribution in [3.63, 3.8) is 0 Å². The Labute approximate surface area is 160 Å². The molecule has 0 spiro atoms. The second kappa shape index (κ2) is 9.07. The standard InChI is InChI=1S/C21H26N4O2/c1-15-7-3-6-10-19(15)27-12-11-23-21(22-2)24-14-16-13-20(26)25-18-9-5-4-8-17(16)18/h3-10,16H,11-14H2,1-2H3,(H,25,26)(H2,22,23,24). The van der Waals surface area contributed by atoms with E-state index < -0.39 is 0 Å². The third-order valence-electron chi connectivity index (χ3n) is 4.59. The van der Waals surface area contributed by atoms with Crippen molar-refractivity contribution < 1.29 is 9.53 Å². The van der Waals surface area contributed by atoms with E-state index in [4.69, 9.17) is 4.74 Å². The van der Waals surface area contributed by atoms with E-state index in [1.54, 1.807) is 7.05 Å². The Morgan fingerprint density at radius 1 is 1.19 bits per heavy atom. The van der Waals surface area contributed by atoms with E-state index in [1.165, 1.54) is 0 Å². The first-order chi connectivity index (χ1) is 13.2. The summed E-state index contributed by atoms with van der Waals surface area (Å²) in [6.07, 6.45) is 0.470. The molecule has 1 amide bonds. The Kier molecular flexibility index (Phi) is 6.30. The van der Waals surface area contributed by atoms with E-state index >= 15 is 0 Å². The van der Waals surface area contributed by atoms with Crippen LogP contribution in [0.4, 0.5) is 5.69 Å². The lowest BCUT2D eigenvalue weighted by atomic mass is 9.90. The molecule has 6 heteroatoms. The zero-order valence-electron chi connectivity index (χ0n) is 15.8. The van der Waals surface area contributed by atoms with Crippen molar-refractivity contribution >= 4 is 17.6 Å². The van der Waals surface area contributed by atoms with Gasteiger partial charge in [0.1, 0.15) is 12.4 Å². The van der Waals surface area contributed by atoms with Crippen molar-refractivity contribution in [3.05, 3.63) is 59.7 Å². The van der Waals surface area contributed by atoms with Crippen molar-refractivity contribution in [1.82, 2.24) is 10.6 Å². The van der Waals surface area contributed by atoms with Crippen LogP contribution in [0.15, 0.2) is 53.5 Å².